The maximum atomic E-state index is 13.6. The number of thiophene rings is 1. The van der Waals surface area contributed by atoms with Gasteiger partial charge < -0.3 is 5.32 Å². The first-order valence-electron chi connectivity index (χ1n) is 11.2. The van der Waals surface area contributed by atoms with Crippen LogP contribution >= 0.6 is 23.1 Å². The van der Waals surface area contributed by atoms with E-state index in [9.17, 15) is 9.59 Å². The SMILES string of the molecule is C=CCn1c(S[C@H](C(=O)NC2CC2)c2ccccc2)nc2sc3c(c2c1=O)CC[C@H](C)C3. The molecule has 1 saturated carbocycles. The van der Waals surface area contributed by atoms with Gasteiger partial charge in [0.15, 0.2) is 5.16 Å². The van der Waals surface area contributed by atoms with Gasteiger partial charge in [-0.05, 0) is 49.1 Å². The fourth-order valence-electron chi connectivity index (χ4n) is 4.30. The van der Waals surface area contributed by atoms with Gasteiger partial charge in [-0.1, -0.05) is 55.1 Å². The van der Waals surface area contributed by atoms with Crippen LogP contribution in [0.4, 0.5) is 0 Å². The van der Waals surface area contributed by atoms with E-state index in [4.69, 9.17) is 4.98 Å². The Balaban J connectivity index is 1.59. The van der Waals surface area contributed by atoms with Crippen LogP contribution in [0.15, 0.2) is 52.9 Å². The summed E-state index contributed by atoms with van der Waals surface area (Å²) < 4.78 is 1.69. The summed E-state index contributed by atoms with van der Waals surface area (Å²) in [6, 6.07) is 10.0. The highest BCUT2D eigenvalue weighted by Crippen LogP contribution is 2.39. The van der Waals surface area contributed by atoms with Crippen LogP contribution in [-0.2, 0) is 24.2 Å². The van der Waals surface area contributed by atoms with Crippen molar-refractivity contribution in [3.05, 3.63) is 69.3 Å². The molecule has 1 aromatic carbocycles. The number of amides is 1. The number of nitrogens with one attached hydrogen (secondary N) is 1. The summed E-state index contributed by atoms with van der Waals surface area (Å²) in [6.07, 6.45) is 6.83. The molecule has 0 saturated heterocycles. The maximum Gasteiger partial charge on any atom is 0.263 e. The lowest BCUT2D eigenvalue weighted by molar-refractivity contribution is -0.120. The van der Waals surface area contributed by atoms with Crippen molar-refractivity contribution in [2.24, 2.45) is 5.92 Å². The summed E-state index contributed by atoms with van der Waals surface area (Å²) in [6.45, 7) is 6.49. The van der Waals surface area contributed by atoms with Crippen molar-refractivity contribution >= 4 is 39.2 Å². The predicted octanol–water partition coefficient (Wildman–Crippen LogP) is 4.88. The molecule has 32 heavy (non-hydrogen) atoms. The Labute approximate surface area is 195 Å². The smallest absolute Gasteiger partial charge is 0.263 e. The van der Waals surface area contributed by atoms with Crippen LogP contribution in [0, 0.1) is 5.92 Å². The van der Waals surface area contributed by atoms with Gasteiger partial charge in [0, 0.05) is 17.5 Å². The summed E-state index contributed by atoms with van der Waals surface area (Å²) in [5.41, 5.74) is 2.08. The van der Waals surface area contributed by atoms with Gasteiger partial charge in [-0.25, -0.2) is 4.98 Å². The number of thioether (sulfide) groups is 1. The fraction of sp³-hybridized carbons (Fsp3) is 0.400. The molecule has 1 fully saturated rings. The zero-order valence-electron chi connectivity index (χ0n) is 18.2. The normalized spacial score (nSPS) is 18.8. The largest absolute Gasteiger partial charge is 0.352 e. The number of benzene rings is 1. The second kappa shape index (κ2) is 8.87. The number of hydrogen-bond acceptors (Lipinski definition) is 5. The Morgan fingerprint density at radius 1 is 1.34 bits per heavy atom. The van der Waals surface area contributed by atoms with Gasteiger partial charge in [-0.3, -0.25) is 14.2 Å². The first kappa shape index (κ1) is 21.5. The lowest BCUT2D eigenvalue weighted by Gasteiger charge is -2.19. The third kappa shape index (κ3) is 4.16. The Morgan fingerprint density at radius 2 is 2.12 bits per heavy atom. The molecule has 1 N–H and O–H groups in total. The van der Waals surface area contributed by atoms with Crippen LogP contribution in [0.3, 0.4) is 0 Å². The van der Waals surface area contributed by atoms with Crippen molar-refractivity contribution in [3.8, 4) is 0 Å². The second-order valence-corrected chi connectivity index (χ2v) is 11.0. The van der Waals surface area contributed by atoms with E-state index in [1.54, 1.807) is 22.0 Å². The van der Waals surface area contributed by atoms with Gasteiger partial charge in [-0.2, -0.15) is 0 Å². The van der Waals surface area contributed by atoms with Crippen LogP contribution in [-0.4, -0.2) is 21.5 Å². The molecule has 1 amide bonds. The summed E-state index contributed by atoms with van der Waals surface area (Å²) >= 11 is 3.01. The number of aromatic nitrogens is 2. The van der Waals surface area contributed by atoms with E-state index in [-0.39, 0.29) is 17.5 Å². The summed E-state index contributed by atoms with van der Waals surface area (Å²) in [5.74, 6) is 0.607. The third-order valence-electron chi connectivity index (χ3n) is 6.18. The molecular formula is C25H27N3O2S2. The van der Waals surface area contributed by atoms with E-state index in [0.717, 1.165) is 47.9 Å². The molecular weight excluding hydrogens is 438 g/mol. The minimum atomic E-state index is -0.466. The number of carbonyl (C=O) groups excluding carboxylic acids is 1. The van der Waals surface area contributed by atoms with Crippen molar-refractivity contribution in [1.82, 2.24) is 14.9 Å². The Kier molecular flexibility index (Phi) is 5.95. The van der Waals surface area contributed by atoms with E-state index < -0.39 is 5.25 Å². The van der Waals surface area contributed by atoms with Gasteiger partial charge >= 0.3 is 0 Å². The zero-order chi connectivity index (χ0) is 22.2. The zero-order valence-corrected chi connectivity index (χ0v) is 19.8. The van der Waals surface area contributed by atoms with Gasteiger partial charge in [0.2, 0.25) is 5.91 Å². The average Bonchev–Trinajstić information content (AvgIpc) is 3.52. The molecule has 0 aliphatic heterocycles. The summed E-state index contributed by atoms with van der Waals surface area (Å²) in [7, 11) is 0. The summed E-state index contributed by atoms with van der Waals surface area (Å²) in [4.78, 5) is 33.8. The molecule has 0 spiro atoms. The quantitative estimate of drug-likeness (QED) is 0.307. The molecule has 2 heterocycles. The van der Waals surface area contributed by atoms with Crippen LogP contribution < -0.4 is 10.9 Å². The molecule has 0 bridgehead atoms. The second-order valence-electron chi connectivity index (χ2n) is 8.82. The number of hydrogen-bond donors (Lipinski definition) is 1. The Bertz CT molecular complexity index is 1230. The minimum absolute atomic E-state index is 0.0149. The number of aryl methyl sites for hydroxylation is 1. The Hall–Kier alpha value is -2.38. The van der Waals surface area contributed by atoms with E-state index in [1.165, 1.54) is 22.2 Å². The van der Waals surface area contributed by atoms with Gasteiger partial charge in [0.05, 0.1) is 5.39 Å². The summed E-state index contributed by atoms with van der Waals surface area (Å²) in [5, 5.41) is 4.01. The van der Waals surface area contributed by atoms with E-state index in [0.29, 0.717) is 17.6 Å². The van der Waals surface area contributed by atoms with Crippen molar-refractivity contribution < 1.29 is 4.79 Å². The standard InChI is InChI=1S/C25H27N3O2S2/c1-3-13-28-24(30)20-18-12-9-15(2)14-19(18)31-23(20)27-25(28)32-21(16-7-5-4-6-8-16)22(29)26-17-10-11-17/h3-8,15,17,21H,1,9-14H2,2H3,(H,26,29)/t15-,21-/m0/s1. The average molecular weight is 466 g/mol. The lowest BCUT2D eigenvalue weighted by atomic mass is 9.89. The molecule has 3 aromatic rings. The topological polar surface area (TPSA) is 64.0 Å². The fourth-order valence-corrected chi connectivity index (χ4v) is 6.83. The number of allylic oxidation sites excluding steroid dienone is 1. The highest BCUT2D eigenvalue weighted by molar-refractivity contribution is 8.00. The van der Waals surface area contributed by atoms with Crippen molar-refractivity contribution in [2.75, 3.05) is 0 Å². The Morgan fingerprint density at radius 3 is 2.84 bits per heavy atom. The number of rotatable bonds is 7. The minimum Gasteiger partial charge on any atom is -0.352 e. The van der Waals surface area contributed by atoms with Crippen molar-refractivity contribution in [1.29, 1.82) is 0 Å². The van der Waals surface area contributed by atoms with E-state index in [2.05, 4.69) is 18.8 Å². The highest BCUT2D eigenvalue weighted by Gasteiger charge is 2.31. The lowest BCUT2D eigenvalue weighted by Crippen LogP contribution is -2.30. The molecule has 0 radical (unpaired) electrons. The van der Waals surface area contributed by atoms with E-state index >= 15 is 0 Å². The monoisotopic (exact) mass is 465 g/mol. The van der Waals surface area contributed by atoms with Gasteiger partial charge in [0.25, 0.3) is 5.56 Å². The molecule has 2 atom stereocenters. The number of fused-ring (bicyclic) bond motifs is 3. The number of nitrogens with zero attached hydrogens (tertiary/aromatic N) is 2. The van der Waals surface area contributed by atoms with Gasteiger partial charge in [0.1, 0.15) is 10.1 Å². The molecule has 2 aliphatic carbocycles. The van der Waals surface area contributed by atoms with Crippen LogP contribution in [0.25, 0.3) is 10.2 Å². The molecule has 2 aliphatic rings. The van der Waals surface area contributed by atoms with Crippen molar-refractivity contribution in [2.45, 2.75) is 62.0 Å². The first-order chi connectivity index (χ1) is 15.5. The molecule has 166 valence electrons. The third-order valence-corrected chi connectivity index (χ3v) is 8.57. The number of carbonyl (C=O) groups is 1. The molecule has 5 nitrogen and oxygen atoms in total. The first-order valence-corrected chi connectivity index (χ1v) is 12.9. The van der Waals surface area contributed by atoms with E-state index in [1.807, 2.05) is 30.3 Å². The maximum absolute atomic E-state index is 13.6. The van der Waals surface area contributed by atoms with Gasteiger partial charge in [-0.15, -0.1) is 17.9 Å². The van der Waals surface area contributed by atoms with Crippen LogP contribution in [0.2, 0.25) is 0 Å². The van der Waals surface area contributed by atoms with Crippen molar-refractivity contribution in [3.63, 3.8) is 0 Å². The molecule has 5 rings (SSSR count). The molecule has 2 aromatic heterocycles. The van der Waals surface area contributed by atoms with Crippen LogP contribution in [0.1, 0.15) is 47.4 Å². The highest BCUT2D eigenvalue weighted by atomic mass is 32.2. The molecule has 7 heteroatoms. The van der Waals surface area contributed by atoms with Crippen LogP contribution in [0.5, 0.6) is 0 Å². The molecule has 0 unspecified atom stereocenters. The predicted molar refractivity (Wildman–Crippen MR) is 131 cm³/mol.